The molecule has 25 heavy (non-hydrogen) atoms. The maximum absolute atomic E-state index is 12.1. The molecule has 0 saturated carbocycles. The zero-order valence-corrected chi connectivity index (χ0v) is 14.7. The van der Waals surface area contributed by atoms with Crippen LogP contribution in [0, 0.1) is 0 Å². The monoisotopic (exact) mass is 348 g/mol. The van der Waals surface area contributed by atoms with Crippen molar-refractivity contribution in [1.29, 1.82) is 0 Å². The first-order chi connectivity index (χ1) is 12.3. The first-order valence-corrected chi connectivity index (χ1v) is 9.12. The number of benzene rings is 2. The standard InChI is InChI=1S/C21H20N2OS/c24-21(16-20-12-7-13-25-20)23-22-19(14-17-8-3-1-4-9-17)15-18-10-5-2-6-11-18/h1-13H,14-16H2,(H,23,24). The highest BCUT2D eigenvalue weighted by atomic mass is 32.1. The molecule has 2 aromatic carbocycles. The molecule has 0 saturated heterocycles. The van der Waals surface area contributed by atoms with Crippen LogP contribution in [0.1, 0.15) is 16.0 Å². The molecular weight excluding hydrogens is 328 g/mol. The van der Waals surface area contributed by atoms with Gasteiger partial charge in [-0.05, 0) is 22.6 Å². The van der Waals surface area contributed by atoms with E-state index < -0.39 is 0 Å². The van der Waals surface area contributed by atoms with Gasteiger partial charge in [-0.1, -0.05) is 66.7 Å². The number of hydrazone groups is 1. The van der Waals surface area contributed by atoms with Crippen LogP contribution >= 0.6 is 11.3 Å². The Kier molecular flexibility index (Phi) is 6.12. The summed E-state index contributed by atoms with van der Waals surface area (Å²) >= 11 is 1.58. The summed E-state index contributed by atoms with van der Waals surface area (Å²) in [6.07, 6.45) is 1.80. The van der Waals surface area contributed by atoms with Crippen LogP contribution in [0.5, 0.6) is 0 Å². The van der Waals surface area contributed by atoms with E-state index in [0.717, 1.165) is 23.4 Å². The Morgan fingerprint density at radius 2 is 1.40 bits per heavy atom. The molecule has 126 valence electrons. The van der Waals surface area contributed by atoms with Crippen molar-refractivity contribution >= 4 is 23.0 Å². The minimum Gasteiger partial charge on any atom is -0.273 e. The van der Waals surface area contributed by atoms with E-state index in [2.05, 4.69) is 34.8 Å². The quantitative estimate of drug-likeness (QED) is 0.503. The van der Waals surface area contributed by atoms with Gasteiger partial charge in [-0.3, -0.25) is 4.79 Å². The molecule has 3 aromatic rings. The fraction of sp³-hybridized carbons (Fsp3) is 0.143. The third-order valence-corrected chi connectivity index (χ3v) is 4.63. The molecule has 0 bridgehead atoms. The summed E-state index contributed by atoms with van der Waals surface area (Å²) in [6, 6.07) is 24.3. The highest BCUT2D eigenvalue weighted by molar-refractivity contribution is 7.10. The summed E-state index contributed by atoms with van der Waals surface area (Å²) in [5, 5.41) is 6.39. The van der Waals surface area contributed by atoms with Gasteiger partial charge in [-0.25, -0.2) is 5.43 Å². The number of carbonyl (C=O) groups excluding carboxylic acids is 1. The summed E-state index contributed by atoms with van der Waals surface area (Å²) in [5.74, 6) is -0.0823. The average molecular weight is 348 g/mol. The molecule has 3 rings (SSSR count). The lowest BCUT2D eigenvalue weighted by Crippen LogP contribution is -2.22. The van der Waals surface area contributed by atoms with Gasteiger partial charge in [0.05, 0.1) is 6.42 Å². The van der Waals surface area contributed by atoms with Crippen LogP contribution < -0.4 is 5.43 Å². The Morgan fingerprint density at radius 1 is 0.800 bits per heavy atom. The van der Waals surface area contributed by atoms with Crippen LogP contribution in [0.2, 0.25) is 0 Å². The van der Waals surface area contributed by atoms with E-state index in [1.54, 1.807) is 11.3 Å². The Morgan fingerprint density at radius 3 is 1.92 bits per heavy atom. The zero-order valence-electron chi connectivity index (χ0n) is 13.9. The molecule has 0 radical (unpaired) electrons. The SMILES string of the molecule is O=C(Cc1cccs1)NN=C(Cc1ccccc1)Cc1ccccc1. The van der Waals surface area contributed by atoms with Gasteiger partial charge in [-0.15, -0.1) is 11.3 Å². The summed E-state index contributed by atoms with van der Waals surface area (Å²) in [6.45, 7) is 0. The van der Waals surface area contributed by atoms with E-state index >= 15 is 0 Å². The zero-order chi connectivity index (χ0) is 17.3. The topological polar surface area (TPSA) is 41.5 Å². The van der Waals surface area contributed by atoms with Gasteiger partial charge >= 0.3 is 0 Å². The van der Waals surface area contributed by atoms with Crippen molar-refractivity contribution in [2.45, 2.75) is 19.3 Å². The predicted octanol–water partition coefficient (Wildman–Crippen LogP) is 4.25. The van der Waals surface area contributed by atoms with E-state index in [9.17, 15) is 4.79 Å². The van der Waals surface area contributed by atoms with Gasteiger partial charge < -0.3 is 0 Å². The predicted molar refractivity (Wildman–Crippen MR) is 104 cm³/mol. The fourth-order valence-corrected chi connectivity index (χ4v) is 3.26. The minimum atomic E-state index is -0.0823. The molecule has 1 heterocycles. The lowest BCUT2D eigenvalue weighted by Gasteiger charge is -2.08. The van der Waals surface area contributed by atoms with Crippen molar-refractivity contribution < 1.29 is 4.79 Å². The molecule has 3 nitrogen and oxygen atoms in total. The number of hydrogen-bond donors (Lipinski definition) is 1. The summed E-state index contributed by atoms with van der Waals surface area (Å²) in [7, 11) is 0. The average Bonchev–Trinajstić information content (AvgIpc) is 3.14. The maximum atomic E-state index is 12.1. The van der Waals surface area contributed by atoms with Crippen molar-refractivity contribution in [3.05, 3.63) is 94.2 Å². The largest absolute Gasteiger partial charge is 0.273 e. The molecule has 4 heteroatoms. The highest BCUT2D eigenvalue weighted by Crippen LogP contribution is 2.09. The number of carbonyl (C=O) groups is 1. The summed E-state index contributed by atoms with van der Waals surface area (Å²) in [5.41, 5.74) is 6.03. The number of amides is 1. The second kappa shape index (κ2) is 8.94. The third-order valence-electron chi connectivity index (χ3n) is 3.76. The number of nitrogens with zero attached hydrogens (tertiary/aromatic N) is 1. The van der Waals surface area contributed by atoms with Crippen LogP contribution in [0.15, 0.2) is 83.3 Å². The molecule has 1 aromatic heterocycles. The molecule has 0 aliphatic rings. The molecule has 0 atom stereocenters. The van der Waals surface area contributed by atoms with Gasteiger partial charge in [0.15, 0.2) is 0 Å². The van der Waals surface area contributed by atoms with Crippen LogP contribution in [0.4, 0.5) is 0 Å². The van der Waals surface area contributed by atoms with E-state index in [0.29, 0.717) is 6.42 Å². The Labute approximate surface area is 152 Å². The Hall–Kier alpha value is -2.72. The van der Waals surface area contributed by atoms with Crippen LogP contribution in [-0.2, 0) is 24.1 Å². The lowest BCUT2D eigenvalue weighted by molar-refractivity contribution is -0.120. The van der Waals surface area contributed by atoms with Crippen molar-refractivity contribution in [2.24, 2.45) is 5.10 Å². The van der Waals surface area contributed by atoms with Crippen molar-refractivity contribution in [3.63, 3.8) is 0 Å². The van der Waals surface area contributed by atoms with Crippen molar-refractivity contribution in [3.8, 4) is 0 Å². The first-order valence-electron chi connectivity index (χ1n) is 8.24. The lowest BCUT2D eigenvalue weighted by atomic mass is 10.0. The molecule has 0 unspecified atom stereocenters. The number of nitrogens with one attached hydrogen (secondary N) is 1. The number of rotatable bonds is 7. The summed E-state index contributed by atoms with van der Waals surface area (Å²) in [4.78, 5) is 13.2. The van der Waals surface area contributed by atoms with E-state index in [1.165, 1.54) is 11.1 Å². The van der Waals surface area contributed by atoms with Gasteiger partial charge in [0.1, 0.15) is 0 Å². The van der Waals surface area contributed by atoms with Gasteiger partial charge in [0.25, 0.3) is 0 Å². The van der Waals surface area contributed by atoms with E-state index in [4.69, 9.17) is 0 Å². The molecule has 1 amide bonds. The number of thiophene rings is 1. The van der Waals surface area contributed by atoms with Gasteiger partial charge in [0, 0.05) is 23.4 Å². The maximum Gasteiger partial charge on any atom is 0.245 e. The fourth-order valence-electron chi connectivity index (χ4n) is 2.56. The molecule has 0 fully saturated rings. The second-order valence-corrected chi connectivity index (χ2v) is 6.83. The van der Waals surface area contributed by atoms with Crippen LogP contribution in [0.25, 0.3) is 0 Å². The third kappa shape index (κ3) is 5.69. The molecule has 0 aliphatic heterocycles. The molecule has 0 aliphatic carbocycles. The Balaban J connectivity index is 1.69. The summed E-state index contributed by atoms with van der Waals surface area (Å²) < 4.78 is 0. The minimum absolute atomic E-state index is 0.0823. The van der Waals surface area contributed by atoms with Crippen LogP contribution in [-0.4, -0.2) is 11.6 Å². The highest BCUT2D eigenvalue weighted by Gasteiger charge is 2.07. The van der Waals surface area contributed by atoms with E-state index in [-0.39, 0.29) is 5.91 Å². The second-order valence-electron chi connectivity index (χ2n) is 5.79. The van der Waals surface area contributed by atoms with Crippen molar-refractivity contribution in [2.75, 3.05) is 0 Å². The van der Waals surface area contributed by atoms with Gasteiger partial charge in [-0.2, -0.15) is 5.10 Å². The Bertz CT molecular complexity index is 768. The van der Waals surface area contributed by atoms with Crippen LogP contribution in [0.3, 0.4) is 0 Å². The normalized spacial score (nSPS) is 10.2. The first kappa shape index (κ1) is 17.1. The molecular formula is C21H20N2OS. The molecule has 1 N–H and O–H groups in total. The smallest absolute Gasteiger partial charge is 0.245 e. The number of hydrogen-bond acceptors (Lipinski definition) is 3. The van der Waals surface area contributed by atoms with E-state index in [1.807, 2.05) is 53.9 Å². The van der Waals surface area contributed by atoms with Gasteiger partial charge in [0.2, 0.25) is 5.91 Å². The molecule has 0 spiro atoms. The van der Waals surface area contributed by atoms with Crippen molar-refractivity contribution in [1.82, 2.24) is 5.43 Å².